The van der Waals surface area contributed by atoms with Crippen LogP contribution in [0.2, 0.25) is 0 Å². The van der Waals surface area contributed by atoms with Gasteiger partial charge in [-0.3, -0.25) is 9.10 Å². The number of carbonyl (C=O) groups is 1. The van der Waals surface area contributed by atoms with E-state index in [0.29, 0.717) is 0 Å². The molecule has 5 nitrogen and oxygen atoms in total. The third-order valence-electron chi connectivity index (χ3n) is 3.84. The molecule has 0 bridgehead atoms. The van der Waals surface area contributed by atoms with Gasteiger partial charge in [-0.15, -0.1) is 0 Å². The van der Waals surface area contributed by atoms with Gasteiger partial charge in [-0.1, -0.05) is 42.5 Å². The third kappa shape index (κ3) is 4.57. The van der Waals surface area contributed by atoms with E-state index >= 15 is 0 Å². The first-order chi connectivity index (χ1) is 11.7. The van der Waals surface area contributed by atoms with E-state index in [1.165, 1.54) is 25.1 Å². The summed E-state index contributed by atoms with van der Waals surface area (Å²) in [5.41, 5.74) is 0.736. The first-order valence-corrected chi connectivity index (χ1v) is 9.66. The maximum absolute atomic E-state index is 14.1. The van der Waals surface area contributed by atoms with E-state index in [9.17, 15) is 17.6 Å². The number of nitrogens with zero attached hydrogens (tertiary/aromatic N) is 1. The van der Waals surface area contributed by atoms with Crippen molar-refractivity contribution < 1.29 is 17.6 Å². The van der Waals surface area contributed by atoms with Crippen molar-refractivity contribution in [3.05, 3.63) is 66.0 Å². The van der Waals surface area contributed by atoms with Crippen molar-refractivity contribution in [2.24, 2.45) is 0 Å². The Labute approximate surface area is 147 Å². The summed E-state index contributed by atoms with van der Waals surface area (Å²) in [6, 6.07) is 13.4. The maximum Gasteiger partial charge on any atom is 0.244 e. The van der Waals surface area contributed by atoms with Crippen LogP contribution < -0.4 is 9.62 Å². The zero-order chi connectivity index (χ0) is 18.6. The second-order valence-corrected chi connectivity index (χ2v) is 7.69. The number of anilines is 1. The van der Waals surface area contributed by atoms with Crippen LogP contribution in [0.1, 0.15) is 25.5 Å². The minimum Gasteiger partial charge on any atom is -0.348 e. The molecule has 0 aliphatic rings. The van der Waals surface area contributed by atoms with Crippen LogP contribution in [0.15, 0.2) is 54.6 Å². The smallest absolute Gasteiger partial charge is 0.244 e. The fourth-order valence-corrected chi connectivity index (χ4v) is 3.75. The Balaban J connectivity index is 2.26. The monoisotopic (exact) mass is 364 g/mol. The number of hydrogen-bond acceptors (Lipinski definition) is 3. The molecule has 0 saturated heterocycles. The van der Waals surface area contributed by atoms with Crippen molar-refractivity contribution in [2.75, 3.05) is 10.6 Å². The SMILES string of the molecule is C[C@@H](NC(=O)[C@H](C)N(c1ccccc1F)S(C)(=O)=O)c1ccccc1. The van der Waals surface area contributed by atoms with Gasteiger partial charge in [-0.25, -0.2) is 12.8 Å². The van der Waals surface area contributed by atoms with Crippen LogP contribution in [-0.2, 0) is 14.8 Å². The Morgan fingerprint density at radius 1 is 1.04 bits per heavy atom. The van der Waals surface area contributed by atoms with Gasteiger partial charge < -0.3 is 5.32 Å². The van der Waals surface area contributed by atoms with Crippen molar-refractivity contribution >= 4 is 21.6 Å². The maximum atomic E-state index is 14.1. The van der Waals surface area contributed by atoms with Gasteiger partial charge >= 0.3 is 0 Å². The number of amides is 1. The lowest BCUT2D eigenvalue weighted by molar-refractivity contribution is -0.122. The highest BCUT2D eigenvalue weighted by Crippen LogP contribution is 2.24. The minimum absolute atomic E-state index is 0.153. The van der Waals surface area contributed by atoms with E-state index in [1.807, 2.05) is 30.3 Å². The molecule has 2 aromatic rings. The second kappa shape index (κ2) is 7.65. The molecule has 25 heavy (non-hydrogen) atoms. The Hall–Kier alpha value is -2.41. The van der Waals surface area contributed by atoms with Gasteiger partial charge in [0.1, 0.15) is 11.9 Å². The lowest BCUT2D eigenvalue weighted by Crippen LogP contribution is -2.48. The van der Waals surface area contributed by atoms with Crippen LogP contribution in [-0.4, -0.2) is 26.6 Å². The number of benzene rings is 2. The van der Waals surface area contributed by atoms with Crippen molar-refractivity contribution in [2.45, 2.75) is 25.9 Å². The lowest BCUT2D eigenvalue weighted by Gasteiger charge is -2.29. The van der Waals surface area contributed by atoms with Gasteiger partial charge in [-0.05, 0) is 31.5 Å². The van der Waals surface area contributed by atoms with Crippen LogP contribution in [0.4, 0.5) is 10.1 Å². The zero-order valence-electron chi connectivity index (χ0n) is 14.3. The van der Waals surface area contributed by atoms with Crippen molar-refractivity contribution in [3.63, 3.8) is 0 Å². The van der Waals surface area contributed by atoms with Crippen LogP contribution in [0.25, 0.3) is 0 Å². The Bertz CT molecular complexity index is 840. The van der Waals surface area contributed by atoms with E-state index in [1.54, 1.807) is 6.92 Å². The van der Waals surface area contributed by atoms with E-state index in [0.717, 1.165) is 22.2 Å². The van der Waals surface area contributed by atoms with Gasteiger partial charge in [0.15, 0.2) is 0 Å². The van der Waals surface area contributed by atoms with Gasteiger partial charge in [0, 0.05) is 0 Å². The normalized spacial score (nSPS) is 13.8. The summed E-state index contributed by atoms with van der Waals surface area (Å²) in [6.07, 6.45) is 0.948. The number of hydrogen-bond donors (Lipinski definition) is 1. The fourth-order valence-electron chi connectivity index (χ4n) is 2.57. The predicted octanol–water partition coefficient (Wildman–Crippen LogP) is 2.86. The molecule has 7 heteroatoms. The number of sulfonamides is 1. The molecule has 1 N–H and O–H groups in total. The molecule has 0 aliphatic carbocycles. The number of rotatable bonds is 6. The number of para-hydroxylation sites is 1. The lowest BCUT2D eigenvalue weighted by atomic mass is 10.1. The van der Waals surface area contributed by atoms with Gasteiger partial charge in [-0.2, -0.15) is 0 Å². The van der Waals surface area contributed by atoms with Crippen LogP contribution in [0.5, 0.6) is 0 Å². The number of carbonyl (C=O) groups excluding carboxylic acids is 1. The molecule has 1 amide bonds. The predicted molar refractivity (Wildman–Crippen MR) is 96.2 cm³/mol. The Kier molecular flexibility index (Phi) is 5.79. The molecular weight excluding hydrogens is 343 g/mol. The van der Waals surface area contributed by atoms with Gasteiger partial charge in [0.25, 0.3) is 0 Å². The molecule has 0 aliphatic heterocycles. The number of halogens is 1. The summed E-state index contributed by atoms with van der Waals surface area (Å²) >= 11 is 0. The molecule has 0 spiro atoms. The summed E-state index contributed by atoms with van der Waals surface area (Å²) in [5, 5.41) is 2.77. The van der Waals surface area contributed by atoms with Crippen molar-refractivity contribution in [1.82, 2.24) is 5.32 Å². The summed E-state index contributed by atoms with van der Waals surface area (Å²) in [7, 11) is -3.85. The highest BCUT2D eigenvalue weighted by atomic mass is 32.2. The topological polar surface area (TPSA) is 66.5 Å². The molecular formula is C18H21FN2O3S. The van der Waals surface area contributed by atoms with E-state index in [-0.39, 0.29) is 11.7 Å². The Morgan fingerprint density at radius 2 is 1.60 bits per heavy atom. The standard InChI is InChI=1S/C18H21FN2O3S/c1-13(15-9-5-4-6-10-15)20-18(22)14(2)21(25(3,23)24)17-12-8-7-11-16(17)19/h4-14H,1-3H3,(H,20,22)/t13-,14+/m1/s1. The first kappa shape index (κ1) is 18.9. The highest BCUT2D eigenvalue weighted by Gasteiger charge is 2.31. The first-order valence-electron chi connectivity index (χ1n) is 7.81. The molecule has 134 valence electrons. The molecule has 2 rings (SSSR count). The third-order valence-corrected chi connectivity index (χ3v) is 5.06. The molecule has 2 aromatic carbocycles. The summed E-state index contributed by atoms with van der Waals surface area (Å²) < 4.78 is 39.2. The van der Waals surface area contributed by atoms with Gasteiger partial charge in [0.2, 0.25) is 15.9 Å². The molecule has 0 heterocycles. The minimum atomic E-state index is -3.85. The van der Waals surface area contributed by atoms with E-state index in [2.05, 4.69) is 5.32 Å². The van der Waals surface area contributed by atoms with E-state index < -0.39 is 27.8 Å². The van der Waals surface area contributed by atoms with Crippen molar-refractivity contribution in [3.8, 4) is 0 Å². The molecule has 0 radical (unpaired) electrons. The van der Waals surface area contributed by atoms with Gasteiger partial charge in [0.05, 0.1) is 18.0 Å². The van der Waals surface area contributed by atoms with Crippen molar-refractivity contribution in [1.29, 1.82) is 0 Å². The molecule has 0 unspecified atom stereocenters. The average molecular weight is 364 g/mol. The summed E-state index contributed by atoms with van der Waals surface area (Å²) in [6.45, 7) is 3.23. The summed E-state index contributed by atoms with van der Waals surface area (Å²) in [5.74, 6) is -1.21. The summed E-state index contributed by atoms with van der Waals surface area (Å²) in [4.78, 5) is 12.6. The zero-order valence-corrected chi connectivity index (χ0v) is 15.1. The second-order valence-electron chi connectivity index (χ2n) is 5.83. The largest absolute Gasteiger partial charge is 0.348 e. The highest BCUT2D eigenvalue weighted by molar-refractivity contribution is 7.92. The number of nitrogens with one attached hydrogen (secondary N) is 1. The average Bonchev–Trinajstić information content (AvgIpc) is 2.56. The quantitative estimate of drug-likeness (QED) is 0.857. The van der Waals surface area contributed by atoms with E-state index in [4.69, 9.17) is 0 Å². The fraction of sp³-hybridized carbons (Fsp3) is 0.278. The Morgan fingerprint density at radius 3 is 2.16 bits per heavy atom. The van der Waals surface area contributed by atoms with Crippen LogP contribution in [0.3, 0.4) is 0 Å². The molecule has 2 atom stereocenters. The van der Waals surface area contributed by atoms with Crippen LogP contribution >= 0.6 is 0 Å². The molecule has 0 saturated carbocycles. The molecule has 0 aromatic heterocycles. The molecule has 0 fully saturated rings. The van der Waals surface area contributed by atoms with Crippen LogP contribution in [0, 0.1) is 5.82 Å².